The predicted molar refractivity (Wildman–Crippen MR) is 164 cm³/mol. The molecule has 0 aromatic heterocycles. The van der Waals surface area contributed by atoms with E-state index in [-0.39, 0.29) is 35.1 Å². The van der Waals surface area contributed by atoms with E-state index in [1.165, 1.54) is 4.90 Å². The summed E-state index contributed by atoms with van der Waals surface area (Å²) in [5, 5.41) is 16.5. The molecule has 3 N–H and O–H groups in total. The van der Waals surface area contributed by atoms with Gasteiger partial charge in [-0.2, -0.15) is 0 Å². The van der Waals surface area contributed by atoms with E-state index in [0.717, 1.165) is 11.1 Å². The molecular formula is C32H40BrN3O6. The number of aryl methyl sites for hydroxylation is 2. The molecular weight excluding hydrogens is 602 g/mol. The number of para-hydroxylation sites is 1. The summed E-state index contributed by atoms with van der Waals surface area (Å²) in [4.78, 5) is 43.8. The van der Waals surface area contributed by atoms with E-state index in [0.29, 0.717) is 36.6 Å². The van der Waals surface area contributed by atoms with Crippen molar-refractivity contribution >= 4 is 45.0 Å². The van der Waals surface area contributed by atoms with Crippen molar-refractivity contribution in [2.75, 3.05) is 23.8 Å². The molecule has 2 bridgehead atoms. The van der Waals surface area contributed by atoms with Gasteiger partial charge in [0, 0.05) is 16.2 Å². The van der Waals surface area contributed by atoms with Crippen molar-refractivity contribution in [1.82, 2.24) is 4.90 Å². The van der Waals surface area contributed by atoms with Crippen LogP contribution in [0.1, 0.15) is 44.7 Å². The average Bonchev–Trinajstić information content (AvgIpc) is 3.54. The van der Waals surface area contributed by atoms with Gasteiger partial charge in [-0.15, -0.1) is 0 Å². The Balaban J connectivity index is 1.52. The minimum atomic E-state index is -1.22. The van der Waals surface area contributed by atoms with E-state index in [9.17, 15) is 19.5 Å². The lowest BCUT2D eigenvalue weighted by Crippen LogP contribution is -2.57. The fourth-order valence-electron chi connectivity index (χ4n) is 7.11. The van der Waals surface area contributed by atoms with Crippen molar-refractivity contribution in [3.05, 3.63) is 53.6 Å². The summed E-state index contributed by atoms with van der Waals surface area (Å²) in [7, 11) is 0. The normalized spacial score (nSPS) is 28.6. The highest BCUT2D eigenvalue weighted by molar-refractivity contribution is 9.09. The topological polar surface area (TPSA) is 117 Å². The number of nitrogens with zero attached hydrogens (tertiary/aromatic N) is 1. The average molecular weight is 643 g/mol. The van der Waals surface area contributed by atoms with Crippen molar-refractivity contribution in [2.45, 2.75) is 76.1 Å². The molecule has 1 spiro atoms. The molecule has 9 nitrogen and oxygen atoms in total. The second kappa shape index (κ2) is 12.0. The molecule has 10 heteroatoms. The minimum Gasteiger partial charge on any atom is -0.494 e. The number of carbonyl (C=O) groups is 3. The van der Waals surface area contributed by atoms with E-state index < -0.39 is 35.6 Å². The van der Waals surface area contributed by atoms with E-state index in [1.54, 1.807) is 24.3 Å². The van der Waals surface area contributed by atoms with Crippen LogP contribution in [0, 0.1) is 31.6 Å². The van der Waals surface area contributed by atoms with Crippen LogP contribution < -0.4 is 15.4 Å². The number of amides is 3. The highest BCUT2D eigenvalue weighted by Gasteiger charge is 2.77. The first-order chi connectivity index (χ1) is 20.0. The Morgan fingerprint density at radius 1 is 1.12 bits per heavy atom. The number of anilines is 2. The third kappa shape index (κ3) is 5.22. The molecule has 3 fully saturated rings. The van der Waals surface area contributed by atoms with Gasteiger partial charge in [0.2, 0.25) is 17.7 Å². The number of carbonyl (C=O) groups excluding carboxylic acids is 3. The monoisotopic (exact) mass is 641 g/mol. The molecule has 3 aliphatic rings. The Bertz CT molecular complexity index is 1330. The van der Waals surface area contributed by atoms with Crippen molar-refractivity contribution < 1.29 is 29.0 Å². The lowest BCUT2D eigenvalue weighted by molar-refractivity contribution is -0.143. The van der Waals surface area contributed by atoms with Crippen LogP contribution in [-0.2, 0) is 19.1 Å². The number of benzene rings is 2. The number of hydrogen-bond acceptors (Lipinski definition) is 6. The maximum Gasteiger partial charge on any atom is 0.250 e. The molecule has 3 aliphatic heterocycles. The maximum atomic E-state index is 14.4. The summed E-state index contributed by atoms with van der Waals surface area (Å²) in [6, 6.07) is 11.2. The molecule has 0 saturated carbocycles. The SMILES string of the molecule is CCOc1ccc(NC(=O)[C@H]2[C@H]3C(=O)N([C@@H](CO)CC(C)C)C(C(=O)Nc4c(C)cccc4C)C34CC(Br)[C@@H]2O4)cc1. The summed E-state index contributed by atoms with van der Waals surface area (Å²) in [5.74, 6) is -1.87. The number of aliphatic hydroxyl groups is 1. The number of fused-ring (bicyclic) bond motifs is 1. The van der Waals surface area contributed by atoms with Gasteiger partial charge in [0.15, 0.2) is 0 Å². The van der Waals surface area contributed by atoms with Crippen LogP contribution >= 0.6 is 15.9 Å². The highest BCUT2D eigenvalue weighted by atomic mass is 79.9. The second-order valence-electron chi connectivity index (χ2n) is 12.1. The molecule has 3 unspecified atom stereocenters. The first kappa shape index (κ1) is 30.5. The number of rotatable bonds is 10. The molecule has 5 rings (SSSR count). The Labute approximate surface area is 255 Å². The van der Waals surface area contributed by atoms with E-state index >= 15 is 0 Å². The summed E-state index contributed by atoms with van der Waals surface area (Å²) in [5.41, 5.74) is 1.84. The number of alkyl halides is 1. The third-order valence-corrected chi connectivity index (χ3v) is 9.63. The number of nitrogens with one attached hydrogen (secondary N) is 2. The van der Waals surface area contributed by atoms with Crippen molar-refractivity contribution in [3.63, 3.8) is 0 Å². The van der Waals surface area contributed by atoms with Gasteiger partial charge in [0.25, 0.3) is 0 Å². The fraction of sp³-hybridized carbons (Fsp3) is 0.531. The van der Waals surface area contributed by atoms with Gasteiger partial charge in [-0.3, -0.25) is 14.4 Å². The van der Waals surface area contributed by atoms with Crippen LogP contribution in [0.25, 0.3) is 0 Å². The molecule has 2 aromatic rings. The third-order valence-electron chi connectivity index (χ3n) is 8.79. The van der Waals surface area contributed by atoms with Gasteiger partial charge >= 0.3 is 0 Å². The van der Waals surface area contributed by atoms with Gasteiger partial charge in [-0.1, -0.05) is 48.0 Å². The number of ether oxygens (including phenoxy) is 2. The van der Waals surface area contributed by atoms with Gasteiger partial charge in [-0.05, 0) is 74.9 Å². The second-order valence-corrected chi connectivity index (χ2v) is 13.3. The maximum absolute atomic E-state index is 14.4. The number of likely N-dealkylation sites (tertiary alicyclic amines) is 1. The molecule has 226 valence electrons. The van der Waals surface area contributed by atoms with Gasteiger partial charge in [0.1, 0.15) is 17.4 Å². The van der Waals surface area contributed by atoms with Crippen LogP contribution in [-0.4, -0.2) is 69.6 Å². The van der Waals surface area contributed by atoms with Crippen LogP contribution in [0.15, 0.2) is 42.5 Å². The first-order valence-electron chi connectivity index (χ1n) is 14.7. The zero-order valence-electron chi connectivity index (χ0n) is 24.7. The van der Waals surface area contributed by atoms with E-state index in [4.69, 9.17) is 9.47 Å². The smallest absolute Gasteiger partial charge is 0.250 e. The highest BCUT2D eigenvalue weighted by Crippen LogP contribution is 2.60. The lowest BCUT2D eigenvalue weighted by atomic mass is 9.70. The lowest BCUT2D eigenvalue weighted by Gasteiger charge is -2.37. The number of aliphatic hydroxyl groups excluding tert-OH is 1. The van der Waals surface area contributed by atoms with E-state index in [1.807, 2.05) is 52.8 Å². The first-order valence-corrected chi connectivity index (χ1v) is 15.6. The van der Waals surface area contributed by atoms with Crippen molar-refractivity contribution in [3.8, 4) is 5.75 Å². The van der Waals surface area contributed by atoms with Crippen LogP contribution in [0.5, 0.6) is 5.75 Å². The quantitative estimate of drug-likeness (QED) is 0.330. The minimum absolute atomic E-state index is 0.162. The number of hydrogen-bond donors (Lipinski definition) is 3. The van der Waals surface area contributed by atoms with E-state index in [2.05, 4.69) is 26.6 Å². The molecule has 0 aliphatic carbocycles. The summed E-state index contributed by atoms with van der Waals surface area (Å²) < 4.78 is 12.1. The largest absolute Gasteiger partial charge is 0.494 e. The molecule has 2 aromatic carbocycles. The van der Waals surface area contributed by atoms with Crippen LogP contribution in [0.4, 0.5) is 11.4 Å². The molecule has 42 heavy (non-hydrogen) atoms. The predicted octanol–water partition coefficient (Wildman–Crippen LogP) is 4.43. The zero-order chi connectivity index (χ0) is 30.3. The summed E-state index contributed by atoms with van der Waals surface area (Å²) in [6.45, 7) is 10.00. The Morgan fingerprint density at radius 3 is 2.38 bits per heavy atom. The molecule has 3 amide bonds. The Kier molecular flexibility index (Phi) is 8.70. The molecule has 3 saturated heterocycles. The van der Waals surface area contributed by atoms with Gasteiger partial charge in [0.05, 0.1) is 37.2 Å². The summed E-state index contributed by atoms with van der Waals surface area (Å²) in [6.07, 6.45) is 0.307. The van der Waals surface area contributed by atoms with Crippen molar-refractivity contribution in [1.29, 1.82) is 0 Å². The Morgan fingerprint density at radius 2 is 1.79 bits per heavy atom. The van der Waals surface area contributed by atoms with Crippen LogP contribution in [0.2, 0.25) is 0 Å². The summed E-state index contributed by atoms with van der Waals surface area (Å²) >= 11 is 3.72. The van der Waals surface area contributed by atoms with Crippen LogP contribution in [0.3, 0.4) is 0 Å². The number of halogens is 1. The molecule has 7 atom stereocenters. The zero-order valence-corrected chi connectivity index (χ0v) is 26.3. The Hall–Kier alpha value is -2.95. The van der Waals surface area contributed by atoms with Crippen molar-refractivity contribution in [2.24, 2.45) is 17.8 Å². The van der Waals surface area contributed by atoms with Gasteiger partial charge < -0.3 is 30.1 Å². The molecule has 0 radical (unpaired) electrons. The standard InChI is InChI=1S/C32H40BrN3O6/c1-6-41-22-12-10-20(11-13-22)34-29(38)24-25-31(40)36(21(16-37)14-17(2)3)28(32(25)15-23(33)27(24)42-32)30(39)35-26-18(4)8-7-9-19(26)5/h7-13,17,21,23-25,27-28,37H,6,14-16H2,1-5H3,(H,34,38)(H,35,39)/t21-,23?,24+,25+,27+,28?,32?/m1/s1. The van der Waals surface area contributed by atoms with Gasteiger partial charge in [-0.25, -0.2) is 0 Å². The molecule has 3 heterocycles. The fourth-order valence-corrected chi connectivity index (χ4v) is 8.05.